The van der Waals surface area contributed by atoms with E-state index in [4.69, 9.17) is 0 Å². The molecule has 1 aliphatic carbocycles. The van der Waals surface area contributed by atoms with Crippen molar-refractivity contribution in [1.82, 2.24) is 4.90 Å². The van der Waals surface area contributed by atoms with Crippen LogP contribution in [0.4, 0.5) is 11.4 Å². The van der Waals surface area contributed by atoms with Gasteiger partial charge in [-0.1, -0.05) is 57.6 Å². The Labute approximate surface area is 210 Å². The monoisotopic (exact) mass is 475 g/mol. The Morgan fingerprint density at radius 1 is 0.829 bits per heavy atom. The van der Waals surface area contributed by atoms with Crippen molar-refractivity contribution in [1.29, 1.82) is 0 Å². The number of nitrogens with one attached hydrogen (secondary N) is 1. The number of hydrogen-bond acceptors (Lipinski definition) is 3. The zero-order valence-electron chi connectivity index (χ0n) is 21.3. The number of piperazine rings is 1. The summed E-state index contributed by atoms with van der Waals surface area (Å²) in [4.78, 5) is 29.9. The van der Waals surface area contributed by atoms with Crippen molar-refractivity contribution < 1.29 is 9.59 Å². The zero-order valence-corrected chi connectivity index (χ0v) is 21.3. The van der Waals surface area contributed by atoms with E-state index in [1.807, 2.05) is 24.3 Å². The highest BCUT2D eigenvalue weighted by Crippen LogP contribution is 2.27. The number of amides is 2. The van der Waals surface area contributed by atoms with Crippen molar-refractivity contribution in [3.63, 3.8) is 0 Å². The van der Waals surface area contributed by atoms with Gasteiger partial charge < -0.3 is 15.1 Å². The lowest BCUT2D eigenvalue weighted by atomic mass is 9.88. The van der Waals surface area contributed by atoms with Crippen molar-refractivity contribution >= 4 is 23.2 Å². The van der Waals surface area contributed by atoms with Gasteiger partial charge in [0, 0.05) is 49.0 Å². The second kappa shape index (κ2) is 12.8. The fourth-order valence-corrected chi connectivity index (χ4v) is 5.33. The third-order valence-corrected chi connectivity index (χ3v) is 7.57. The summed E-state index contributed by atoms with van der Waals surface area (Å²) < 4.78 is 0. The lowest BCUT2D eigenvalue weighted by Gasteiger charge is -2.38. The highest BCUT2D eigenvalue weighted by molar-refractivity contribution is 6.04. The molecule has 2 aromatic rings. The molecule has 0 spiro atoms. The Bertz CT molecular complexity index is 941. The summed E-state index contributed by atoms with van der Waals surface area (Å²) >= 11 is 0. The minimum Gasteiger partial charge on any atom is -0.368 e. The Morgan fingerprint density at radius 3 is 2.17 bits per heavy atom. The molecule has 1 saturated carbocycles. The molecule has 0 radical (unpaired) electrons. The normalized spacial score (nSPS) is 16.8. The lowest BCUT2D eigenvalue weighted by molar-refractivity contribution is -0.136. The predicted octanol–water partition coefficient (Wildman–Crippen LogP) is 6.29. The van der Waals surface area contributed by atoms with Crippen molar-refractivity contribution in [2.75, 3.05) is 36.4 Å². The van der Waals surface area contributed by atoms with Gasteiger partial charge in [-0.2, -0.15) is 0 Å². The van der Waals surface area contributed by atoms with E-state index in [-0.39, 0.29) is 11.8 Å². The van der Waals surface area contributed by atoms with Crippen LogP contribution in [-0.4, -0.2) is 42.9 Å². The van der Waals surface area contributed by atoms with Crippen LogP contribution in [0.15, 0.2) is 48.5 Å². The van der Waals surface area contributed by atoms with E-state index in [1.54, 1.807) is 0 Å². The number of rotatable bonds is 9. The molecular weight excluding hydrogens is 434 g/mol. The van der Waals surface area contributed by atoms with Gasteiger partial charge in [-0.15, -0.1) is 0 Å². The van der Waals surface area contributed by atoms with E-state index in [0.29, 0.717) is 11.5 Å². The highest BCUT2D eigenvalue weighted by atomic mass is 16.2. The van der Waals surface area contributed by atoms with E-state index >= 15 is 0 Å². The maximum atomic E-state index is 12.8. The summed E-state index contributed by atoms with van der Waals surface area (Å²) in [7, 11) is 0. The van der Waals surface area contributed by atoms with Gasteiger partial charge in [0.05, 0.1) is 0 Å². The smallest absolute Gasteiger partial charge is 0.255 e. The van der Waals surface area contributed by atoms with Crippen LogP contribution in [0.5, 0.6) is 0 Å². The number of carbonyl (C=O) groups excluding carboxylic acids is 2. The van der Waals surface area contributed by atoms with Crippen LogP contribution in [-0.2, 0) is 11.2 Å². The second-order valence-corrected chi connectivity index (χ2v) is 10.2. The number of carbonyl (C=O) groups is 2. The number of unbranched alkanes of at least 4 members (excludes halogenated alkanes) is 3. The van der Waals surface area contributed by atoms with Gasteiger partial charge in [0.1, 0.15) is 0 Å². The molecule has 1 N–H and O–H groups in total. The Hall–Kier alpha value is -2.82. The van der Waals surface area contributed by atoms with E-state index in [1.165, 1.54) is 50.5 Å². The van der Waals surface area contributed by atoms with E-state index < -0.39 is 0 Å². The van der Waals surface area contributed by atoms with Gasteiger partial charge in [0.15, 0.2) is 0 Å². The van der Waals surface area contributed by atoms with Crippen LogP contribution in [0.1, 0.15) is 80.6 Å². The van der Waals surface area contributed by atoms with Gasteiger partial charge in [0.25, 0.3) is 5.91 Å². The van der Waals surface area contributed by atoms with Gasteiger partial charge in [-0.05, 0) is 67.6 Å². The largest absolute Gasteiger partial charge is 0.368 e. The van der Waals surface area contributed by atoms with Gasteiger partial charge in [0.2, 0.25) is 5.91 Å². The van der Waals surface area contributed by atoms with Crippen molar-refractivity contribution in [3.8, 4) is 0 Å². The molecule has 0 bridgehead atoms. The molecule has 1 heterocycles. The molecule has 4 rings (SSSR count). The molecule has 5 heteroatoms. The quantitative estimate of drug-likeness (QED) is 0.434. The maximum Gasteiger partial charge on any atom is 0.255 e. The minimum atomic E-state index is -0.0786. The summed E-state index contributed by atoms with van der Waals surface area (Å²) in [5.41, 5.74) is 3.92. The highest BCUT2D eigenvalue weighted by Gasteiger charge is 2.28. The Morgan fingerprint density at radius 2 is 1.51 bits per heavy atom. The first-order valence-electron chi connectivity index (χ1n) is 13.7. The number of hydrogen-bond donors (Lipinski definition) is 1. The maximum absolute atomic E-state index is 12.8. The molecule has 0 aromatic heterocycles. The summed E-state index contributed by atoms with van der Waals surface area (Å²) in [6.07, 6.45) is 11.9. The fourth-order valence-electron chi connectivity index (χ4n) is 5.33. The van der Waals surface area contributed by atoms with Gasteiger partial charge >= 0.3 is 0 Å². The molecule has 2 fully saturated rings. The molecule has 0 unspecified atom stereocenters. The van der Waals surface area contributed by atoms with Crippen LogP contribution in [0, 0.1) is 5.92 Å². The molecule has 0 atom stereocenters. The third-order valence-electron chi connectivity index (χ3n) is 7.57. The van der Waals surface area contributed by atoms with Crippen molar-refractivity contribution in [2.24, 2.45) is 5.92 Å². The second-order valence-electron chi connectivity index (χ2n) is 10.2. The lowest BCUT2D eigenvalue weighted by Crippen LogP contribution is -2.50. The topological polar surface area (TPSA) is 52.7 Å². The Kier molecular flexibility index (Phi) is 9.21. The number of aryl methyl sites for hydroxylation is 1. The molecule has 2 amide bonds. The molecule has 1 aliphatic heterocycles. The van der Waals surface area contributed by atoms with Crippen LogP contribution >= 0.6 is 0 Å². The average molecular weight is 476 g/mol. The van der Waals surface area contributed by atoms with Crippen LogP contribution in [0.25, 0.3) is 0 Å². The first-order chi connectivity index (χ1) is 17.1. The number of nitrogens with zero attached hydrogens (tertiary/aromatic N) is 2. The molecule has 35 heavy (non-hydrogen) atoms. The number of benzene rings is 2. The van der Waals surface area contributed by atoms with E-state index in [2.05, 4.69) is 46.3 Å². The SMILES string of the molecule is CCCCCCc1ccc(C(=O)Nc2ccc(N3CCN(C(=O)C4CCCCC4)CC3)cc2)cc1. The van der Waals surface area contributed by atoms with Gasteiger partial charge in [-0.25, -0.2) is 0 Å². The van der Waals surface area contributed by atoms with Crippen LogP contribution in [0.2, 0.25) is 0 Å². The first kappa shape index (κ1) is 25.3. The molecule has 2 aliphatic rings. The van der Waals surface area contributed by atoms with Crippen LogP contribution < -0.4 is 10.2 Å². The van der Waals surface area contributed by atoms with Gasteiger partial charge in [-0.3, -0.25) is 9.59 Å². The summed E-state index contributed by atoms with van der Waals surface area (Å²) in [6.45, 7) is 5.53. The van der Waals surface area contributed by atoms with Crippen molar-refractivity contribution in [2.45, 2.75) is 71.1 Å². The average Bonchev–Trinajstić information content (AvgIpc) is 2.92. The molecule has 2 aromatic carbocycles. The zero-order chi connectivity index (χ0) is 24.5. The summed E-state index contributed by atoms with van der Waals surface area (Å²) in [5.74, 6) is 0.539. The standard InChI is InChI=1S/C30H41N3O2/c1-2-3-4-6-9-24-12-14-25(15-13-24)29(34)31-27-16-18-28(19-17-27)32-20-22-33(23-21-32)30(35)26-10-7-5-8-11-26/h12-19,26H,2-11,20-23H2,1H3,(H,31,34). The van der Waals surface area contributed by atoms with Crippen LogP contribution in [0.3, 0.4) is 0 Å². The number of anilines is 2. The molecular formula is C30H41N3O2. The van der Waals surface area contributed by atoms with E-state index in [9.17, 15) is 9.59 Å². The van der Waals surface area contributed by atoms with Crippen molar-refractivity contribution in [3.05, 3.63) is 59.7 Å². The summed E-state index contributed by atoms with van der Waals surface area (Å²) in [5, 5.41) is 3.02. The fraction of sp³-hybridized carbons (Fsp3) is 0.533. The molecule has 1 saturated heterocycles. The van der Waals surface area contributed by atoms with E-state index in [0.717, 1.165) is 56.8 Å². The third kappa shape index (κ3) is 7.09. The minimum absolute atomic E-state index is 0.0786. The molecule has 5 nitrogen and oxygen atoms in total. The molecule has 188 valence electrons. The summed E-state index contributed by atoms with van der Waals surface area (Å²) in [6, 6.07) is 16.1. The Balaban J connectivity index is 1.24. The first-order valence-corrected chi connectivity index (χ1v) is 13.7. The predicted molar refractivity (Wildman–Crippen MR) is 144 cm³/mol.